The Kier molecular flexibility index (Phi) is 3.43. The molecule has 0 aromatic heterocycles. The molecule has 0 saturated heterocycles. The van der Waals surface area contributed by atoms with E-state index in [0.717, 1.165) is 22.4 Å². The normalized spacial score (nSPS) is 14.3. The standard InChI is InChI=1S/C15H20O4/c1-9-7-11(8-15(3,4)14(16)17)13-12(10(9)2)18-5-6-19-13/h7H,5-6,8H2,1-4H3,(H,16,17). The Hall–Kier alpha value is -1.71. The molecule has 0 unspecified atom stereocenters. The molecule has 1 aromatic carbocycles. The molecule has 0 bridgehead atoms. The average molecular weight is 264 g/mol. The number of hydrogen-bond donors (Lipinski definition) is 1. The maximum Gasteiger partial charge on any atom is 0.309 e. The minimum Gasteiger partial charge on any atom is -0.486 e. The summed E-state index contributed by atoms with van der Waals surface area (Å²) >= 11 is 0. The smallest absolute Gasteiger partial charge is 0.309 e. The molecule has 1 aliphatic heterocycles. The summed E-state index contributed by atoms with van der Waals surface area (Å²) in [6.07, 6.45) is 0.426. The molecule has 0 fully saturated rings. The Balaban J connectivity index is 2.46. The number of hydrogen-bond acceptors (Lipinski definition) is 3. The average Bonchev–Trinajstić information content (AvgIpc) is 2.35. The Bertz CT molecular complexity index is 517. The zero-order valence-corrected chi connectivity index (χ0v) is 11.9. The largest absolute Gasteiger partial charge is 0.486 e. The van der Waals surface area contributed by atoms with Crippen LogP contribution in [0.1, 0.15) is 30.5 Å². The van der Waals surface area contributed by atoms with Gasteiger partial charge in [-0.25, -0.2) is 0 Å². The molecule has 19 heavy (non-hydrogen) atoms. The van der Waals surface area contributed by atoms with Crippen LogP contribution in [0.2, 0.25) is 0 Å². The highest BCUT2D eigenvalue weighted by Gasteiger charge is 2.31. The molecule has 0 aliphatic carbocycles. The second kappa shape index (κ2) is 4.76. The lowest BCUT2D eigenvalue weighted by Gasteiger charge is -2.27. The summed E-state index contributed by atoms with van der Waals surface area (Å²) in [5, 5.41) is 9.26. The fraction of sp³-hybridized carbons (Fsp3) is 0.533. The lowest BCUT2D eigenvalue weighted by atomic mass is 9.84. The highest BCUT2D eigenvalue weighted by atomic mass is 16.6. The predicted molar refractivity (Wildman–Crippen MR) is 72.0 cm³/mol. The fourth-order valence-corrected chi connectivity index (χ4v) is 2.23. The number of benzene rings is 1. The van der Waals surface area contributed by atoms with Crippen molar-refractivity contribution in [3.05, 3.63) is 22.8 Å². The van der Waals surface area contributed by atoms with E-state index in [-0.39, 0.29) is 0 Å². The lowest BCUT2D eigenvalue weighted by molar-refractivity contribution is -0.146. The van der Waals surface area contributed by atoms with Crippen LogP contribution in [0.5, 0.6) is 11.5 Å². The number of aryl methyl sites for hydroxylation is 1. The predicted octanol–water partition coefficient (Wildman–Crippen LogP) is 2.73. The third kappa shape index (κ3) is 2.53. The van der Waals surface area contributed by atoms with Gasteiger partial charge in [-0.3, -0.25) is 4.79 Å². The number of ether oxygens (including phenoxy) is 2. The molecule has 104 valence electrons. The molecule has 4 nitrogen and oxygen atoms in total. The van der Waals surface area contributed by atoms with Crippen LogP contribution in [0.4, 0.5) is 0 Å². The SMILES string of the molecule is Cc1cc(CC(C)(C)C(=O)O)c2c(c1C)OCCO2. The van der Waals surface area contributed by atoms with E-state index in [4.69, 9.17) is 9.47 Å². The summed E-state index contributed by atoms with van der Waals surface area (Å²) in [6, 6.07) is 2.01. The summed E-state index contributed by atoms with van der Waals surface area (Å²) in [5.41, 5.74) is 2.24. The quantitative estimate of drug-likeness (QED) is 0.912. The molecule has 0 atom stereocenters. The minimum atomic E-state index is -0.823. The summed E-state index contributed by atoms with van der Waals surface area (Å²) in [6.45, 7) is 8.50. The number of carbonyl (C=O) groups is 1. The molecule has 1 N–H and O–H groups in total. The van der Waals surface area contributed by atoms with Crippen LogP contribution in [0.25, 0.3) is 0 Å². The monoisotopic (exact) mass is 264 g/mol. The molecule has 1 aromatic rings. The van der Waals surface area contributed by atoms with Gasteiger partial charge < -0.3 is 14.6 Å². The van der Waals surface area contributed by atoms with Crippen LogP contribution >= 0.6 is 0 Å². The number of carboxylic acids is 1. The van der Waals surface area contributed by atoms with Crippen molar-refractivity contribution >= 4 is 5.97 Å². The number of carboxylic acid groups (broad SMARTS) is 1. The molecule has 4 heteroatoms. The first-order valence-corrected chi connectivity index (χ1v) is 6.45. The number of aliphatic carboxylic acids is 1. The van der Waals surface area contributed by atoms with Crippen molar-refractivity contribution < 1.29 is 19.4 Å². The van der Waals surface area contributed by atoms with Crippen LogP contribution in [-0.4, -0.2) is 24.3 Å². The summed E-state index contributed by atoms with van der Waals surface area (Å²) < 4.78 is 11.4. The molecule has 1 heterocycles. The van der Waals surface area contributed by atoms with Crippen molar-refractivity contribution in [3.63, 3.8) is 0 Å². The first-order valence-electron chi connectivity index (χ1n) is 6.45. The van der Waals surface area contributed by atoms with Crippen LogP contribution in [0.3, 0.4) is 0 Å². The lowest BCUT2D eigenvalue weighted by Crippen LogP contribution is -2.27. The van der Waals surface area contributed by atoms with Gasteiger partial charge in [-0.1, -0.05) is 6.07 Å². The molecule has 0 amide bonds. The zero-order valence-electron chi connectivity index (χ0n) is 11.9. The second-order valence-corrected chi connectivity index (χ2v) is 5.70. The highest BCUT2D eigenvalue weighted by Crippen LogP contribution is 2.41. The van der Waals surface area contributed by atoms with E-state index in [0.29, 0.717) is 25.4 Å². The van der Waals surface area contributed by atoms with Crippen molar-refractivity contribution in [3.8, 4) is 11.5 Å². The fourth-order valence-electron chi connectivity index (χ4n) is 2.23. The number of fused-ring (bicyclic) bond motifs is 1. The van der Waals surface area contributed by atoms with Crippen molar-refractivity contribution in [1.29, 1.82) is 0 Å². The Labute approximate surface area is 113 Å². The maximum atomic E-state index is 11.3. The Morgan fingerprint density at radius 1 is 1.26 bits per heavy atom. The van der Waals surface area contributed by atoms with Gasteiger partial charge in [-0.15, -0.1) is 0 Å². The van der Waals surface area contributed by atoms with Crippen molar-refractivity contribution in [2.24, 2.45) is 5.41 Å². The molecule has 0 radical (unpaired) electrons. The molecule has 0 spiro atoms. The van der Waals surface area contributed by atoms with Gasteiger partial charge in [0, 0.05) is 0 Å². The number of rotatable bonds is 3. The molecule has 2 rings (SSSR count). The summed E-state index contributed by atoms with van der Waals surface area (Å²) in [5.74, 6) is 0.669. The van der Waals surface area contributed by atoms with Gasteiger partial charge in [0.15, 0.2) is 11.5 Å². The van der Waals surface area contributed by atoms with Gasteiger partial charge in [0.2, 0.25) is 0 Å². The van der Waals surface area contributed by atoms with Crippen molar-refractivity contribution in [1.82, 2.24) is 0 Å². The Morgan fingerprint density at radius 2 is 1.84 bits per heavy atom. The van der Waals surface area contributed by atoms with Crippen molar-refractivity contribution in [2.75, 3.05) is 13.2 Å². The molecular formula is C15H20O4. The molecule has 1 aliphatic rings. The molecular weight excluding hydrogens is 244 g/mol. The third-order valence-corrected chi connectivity index (χ3v) is 3.61. The first kappa shape index (κ1) is 13.7. The van der Waals surface area contributed by atoms with Crippen LogP contribution in [0.15, 0.2) is 6.07 Å². The zero-order chi connectivity index (χ0) is 14.2. The maximum absolute atomic E-state index is 11.3. The third-order valence-electron chi connectivity index (χ3n) is 3.61. The topological polar surface area (TPSA) is 55.8 Å². The Morgan fingerprint density at radius 3 is 2.42 bits per heavy atom. The van der Waals surface area contributed by atoms with Gasteiger partial charge in [0.1, 0.15) is 13.2 Å². The summed E-state index contributed by atoms with van der Waals surface area (Å²) in [4.78, 5) is 11.3. The van der Waals surface area contributed by atoms with Gasteiger partial charge in [0.05, 0.1) is 5.41 Å². The first-order chi connectivity index (χ1) is 8.83. The van der Waals surface area contributed by atoms with Gasteiger partial charge in [-0.2, -0.15) is 0 Å². The van der Waals surface area contributed by atoms with E-state index in [2.05, 4.69) is 0 Å². The van der Waals surface area contributed by atoms with E-state index in [1.807, 2.05) is 19.9 Å². The van der Waals surface area contributed by atoms with E-state index in [1.54, 1.807) is 13.8 Å². The van der Waals surface area contributed by atoms with E-state index >= 15 is 0 Å². The highest BCUT2D eigenvalue weighted by molar-refractivity contribution is 5.74. The van der Waals surface area contributed by atoms with E-state index in [1.165, 1.54) is 0 Å². The van der Waals surface area contributed by atoms with Crippen LogP contribution in [0, 0.1) is 19.3 Å². The van der Waals surface area contributed by atoms with E-state index < -0.39 is 11.4 Å². The summed E-state index contributed by atoms with van der Waals surface area (Å²) in [7, 11) is 0. The molecule has 0 saturated carbocycles. The van der Waals surface area contributed by atoms with Crippen LogP contribution in [-0.2, 0) is 11.2 Å². The van der Waals surface area contributed by atoms with Gasteiger partial charge in [-0.05, 0) is 50.8 Å². The van der Waals surface area contributed by atoms with Gasteiger partial charge >= 0.3 is 5.97 Å². The van der Waals surface area contributed by atoms with Gasteiger partial charge in [0.25, 0.3) is 0 Å². The minimum absolute atomic E-state index is 0.426. The second-order valence-electron chi connectivity index (χ2n) is 5.70. The van der Waals surface area contributed by atoms with E-state index in [9.17, 15) is 9.90 Å². The van der Waals surface area contributed by atoms with Crippen molar-refractivity contribution in [2.45, 2.75) is 34.1 Å². The van der Waals surface area contributed by atoms with Crippen LogP contribution < -0.4 is 9.47 Å².